The number of rotatable bonds is 7. The molecule has 0 bridgehead atoms. The van der Waals surface area contributed by atoms with Gasteiger partial charge in [0.05, 0.1) is 18.1 Å². The van der Waals surface area contributed by atoms with Crippen molar-refractivity contribution in [2.24, 2.45) is 7.05 Å². The van der Waals surface area contributed by atoms with Gasteiger partial charge in [-0.3, -0.25) is 4.79 Å². The van der Waals surface area contributed by atoms with Gasteiger partial charge in [-0.15, -0.1) is 10.2 Å². The third-order valence-electron chi connectivity index (χ3n) is 8.49. The van der Waals surface area contributed by atoms with Gasteiger partial charge >= 0.3 is 0 Å². The Morgan fingerprint density at radius 1 is 1.17 bits per heavy atom. The van der Waals surface area contributed by atoms with E-state index in [0.29, 0.717) is 6.54 Å². The highest BCUT2D eigenvalue weighted by Crippen LogP contribution is 2.50. The van der Waals surface area contributed by atoms with E-state index in [4.69, 9.17) is 4.74 Å². The minimum atomic E-state index is -0.256. The Bertz CT molecular complexity index is 1270. The molecule has 1 aromatic heterocycles. The number of nitrogens with zero attached hydrogens (tertiary/aromatic N) is 4. The average molecular weight is 472 g/mol. The van der Waals surface area contributed by atoms with Crippen molar-refractivity contribution in [3.8, 4) is 0 Å². The minimum Gasteiger partial charge on any atom is -0.381 e. The van der Waals surface area contributed by atoms with Crippen LogP contribution in [0.1, 0.15) is 71.9 Å². The highest BCUT2D eigenvalue weighted by atomic mass is 16.5. The van der Waals surface area contributed by atoms with E-state index >= 15 is 0 Å². The summed E-state index contributed by atoms with van der Waals surface area (Å²) in [5.41, 5.74) is 5.15. The van der Waals surface area contributed by atoms with Gasteiger partial charge in [-0.2, -0.15) is 0 Å². The first-order chi connectivity index (χ1) is 16.9. The van der Waals surface area contributed by atoms with Gasteiger partial charge in [0.2, 0.25) is 0 Å². The molecule has 0 atom stereocenters. The van der Waals surface area contributed by atoms with Crippen LogP contribution in [-0.2, 0) is 30.3 Å². The van der Waals surface area contributed by atoms with E-state index in [1.807, 2.05) is 28.6 Å². The smallest absolute Gasteiger partial charge is 0.258 e. The molecule has 0 radical (unpaired) electrons. The number of carbonyl (C=O) groups is 1. The lowest BCUT2D eigenvalue weighted by atomic mass is 9.62. The summed E-state index contributed by atoms with van der Waals surface area (Å²) in [4.78, 5) is 15.4. The van der Waals surface area contributed by atoms with Crippen molar-refractivity contribution < 1.29 is 9.53 Å². The molecule has 2 aliphatic carbocycles. The fraction of sp³-hybridized carbons (Fsp3) is 0.464. The molecule has 2 saturated carbocycles. The summed E-state index contributed by atoms with van der Waals surface area (Å²) in [6, 6.07) is 14.7. The second-order valence-corrected chi connectivity index (χ2v) is 10.8. The van der Waals surface area contributed by atoms with Crippen LogP contribution in [0.4, 0.5) is 5.69 Å². The average Bonchev–Trinajstić information content (AvgIpc) is 3.39. The summed E-state index contributed by atoms with van der Waals surface area (Å²) in [5, 5.41) is 12.3. The van der Waals surface area contributed by atoms with Crippen molar-refractivity contribution >= 4 is 11.6 Å². The number of amides is 1. The first-order valence-electron chi connectivity index (χ1n) is 12.6. The number of ether oxygens (including phenoxy) is 1. The van der Waals surface area contributed by atoms with Gasteiger partial charge in [-0.1, -0.05) is 24.3 Å². The van der Waals surface area contributed by atoms with Gasteiger partial charge in [0, 0.05) is 37.5 Å². The highest BCUT2D eigenvalue weighted by Gasteiger charge is 2.50. The van der Waals surface area contributed by atoms with E-state index in [9.17, 15) is 4.79 Å². The van der Waals surface area contributed by atoms with Crippen molar-refractivity contribution in [1.29, 1.82) is 0 Å². The fourth-order valence-electron chi connectivity index (χ4n) is 5.99. The monoisotopic (exact) mass is 471 g/mol. The molecule has 6 rings (SSSR count). The van der Waals surface area contributed by atoms with Gasteiger partial charge in [0.15, 0.2) is 0 Å². The molecule has 1 aliphatic heterocycles. The maximum atomic E-state index is 13.5. The van der Waals surface area contributed by atoms with Crippen LogP contribution in [0.15, 0.2) is 48.8 Å². The quantitative estimate of drug-likeness (QED) is 0.562. The van der Waals surface area contributed by atoms with E-state index in [0.717, 1.165) is 47.6 Å². The normalized spacial score (nSPS) is 24.7. The fourth-order valence-corrected chi connectivity index (χ4v) is 5.99. The Kier molecular flexibility index (Phi) is 5.31. The van der Waals surface area contributed by atoms with Gasteiger partial charge < -0.3 is 19.5 Å². The molecule has 7 heteroatoms. The highest BCUT2D eigenvalue weighted by molar-refractivity contribution is 6.10. The molecule has 1 N–H and O–H groups in total. The van der Waals surface area contributed by atoms with E-state index in [1.54, 1.807) is 13.4 Å². The molecule has 1 amide bonds. The lowest BCUT2D eigenvalue weighted by molar-refractivity contribution is -0.00695. The van der Waals surface area contributed by atoms with Crippen molar-refractivity contribution in [1.82, 2.24) is 20.1 Å². The molecular weight excluding hydrogens is 438 g/mol. The largest absolute Gasteiger partial charge is 0.381 e. The number of hydrogen-bond donors (Lipinski definition) is 1. The molecule has 7 nitrogen and oxygen atoms in total. The van der Waals surface area contributed by atoms with Gasteiger partial charge in [0.25, 0.3) is 5.91 Å². The summed E-state index contributed by atoms with van der Waals surface area (Å²) in [5.74, 6) is 1.02. The number of carbonyl (C=O) groups excluding carboxylic acids is 1. The zero-order valence-electron chi connectivity index (χ0n) is 20.8. The second kappa shape index (κ2) is 8.28. The van der Waals surface area contributed by atoms with Crippen LogP contribution in [-0.4, -0.2) is 39.4 Å². The van der Waals surface area contributed by atoms with Crippen LogP contribution in [0, 0.1) is 0 Å². The second-order valence-electron chi connectivity index (χ2n) is 10.8. The molecule has 2 aromatic carbocycles. The molecule has 0 spiro atoms. The lowest BCUT2D eigenvalue weighted by Crippen LogP contribution is -2.48. The maximum Gasteiger partial charge on any atom is 0.258 e. The molecular formula is C28H33N5O2. The van der Waals surface area contributed by atoms with E-state index in [2.05, 4.69) is 52.8 Å². The Balaban J connectivity index is 1.26. The number of aromatic nitrogens is 3. The predicted octanol–water partition coefficient (Wildman–Crippen LogP) is 4.10. The zero-order chi connectivity index (χ0) is 24.2. The number of methoxy groups -OCH3 is 1. The van der Waals surface area contributed by atoms with Crippen molar-refractivity contribution in [2.45, 2.75) is 69.2 Å². The van der Waals surface area contributed by atoms with E-state index < -0.39 is 0 Å². The molecule has 2 heterocycles. The summed E-state index contributed by atoms with van der Waals surface area (Å²) < 4.78 is 7.62. The molecule has 3 aliphatic rings. The van der Waals surface area contributed by atoms with Crippen LogP contribution in [0.2, 0.25) is 0 Å². The molecule has 35 heavy (non-hydrogen) atoms. The summed E-state index contributed by atoms with van der Waals surface area (Å²) >= 11 is 0. The summed E-state index contributed by atoms with van der Waals surface area (Å²) in [6.07, 6.45) is 7.39. The van der Waals surface area contributed by atoms with Crippen LogP contribution in [0.3, 0.4) is 0 Å². The number of anilines is 1. The van der Waals surface area contributed by atoms with Gasteiger partial charge in [-0.25, -0.2) is 0 Å². The predicted molar refractivity (Wildman–Crippen MR) is 134 cm³/mol. The van der Waals surface area contributed by atoms with Crippen molar-refractivity contribution in [3.05, 3.63) is 76.9 Å². The van der Waals surface area contributed by atoms with E-state index in [1.165, 1.54) is 24.8 Å². The third-order valence-corrected chi connectivity index (χ3v) is 8.49. The van der Waals surface area contributed by atoms with Crippen LogP contribution >= 0.6 is 0 Å². The van der Waals surface area contributed by atoms with Crippen LogP contribution in [0.5, 0.6) is 0 Å². The first-order valence-corrected chi connectivity index (χ1v) is 12.6. The lowest BCUT2D eigenvalue weighted by Gasteiger charge is -2.46. The van der Waals surface area contributed by atoms with Crippen LogP contribution < -0.4 is 10.2 Å². The van der Waals surface area contributed by atoms with E-state index in [-0.39, 0.29) is 23.0 Å². The SMILES string of the molecule is CO[C@H]1C[C@@](c2cccc(N3Cc4ccc(CNC5(C)CCC5)cc4C3=O)c2)(c2nncn2C)C1. The standard InChI is InChI=1S/C28H33N5O2/c1-27(10-5-11-27)29-16-19-8-9-20-17-33(25(34)24(20)12-19)22-7-4-6-21(13-22)28(14-23(15-28)35-3)26-31-30-18-32(26)2/h4,6-9,12-13,18,23,29H,5,10-11,14-17H2,1-3H3/t23-,28+. The van der Waals surface area contributed by atoms with Crippen LogP contribution in [0.25, 0.3) is 0 Å². The Morgan fingerprint density at radius 3 is 2.69 bits per heavy atom. The number of hydrogen-bond acceptors (Lipinski definition) is 5. The van der Waals surface area contributed by atoms with Gasteiger partial charge in [0.1, 0.15) is 12.2 Å². The van der Waals surface area contributed by atoms with Crippen molar-refractivity contribution in [3.63, 3.8) is 0 Å². The molecule has 2 fully saturated rings. The number of aryl methyl sites for hydroxylation is 1. The summed E-state index contributed by atoms with van der Waals surface area (Å²) in [7, 11) is 3.75. The van der Waals surface area contributed by atoms with Gasteiger partial charge in [-0.05, 0) is 73.9 Å². The minimum absolute atomic E-state index is 0.0740. The zero-order valence-corrected chi connectivity index (χ0v) is 20.8. The topological polar surface area (TPSA) is 72.3 Å². The molecule has 0 unspecified atom stereocenters. The molecule has 182 valence electrons. The van der Waals surface area contributed by atoms with Crippen molar-refractivity contribution in [2.75, 3.05) is 12.0 Å². The first kappa shape index (κ1) is 22.4. The third kappa shape index (κ3) is 3.69. The number of benzene rings is 2. The molecule has 0 saturated heterocycles. The maximum absolute atomic E-state index is 13.5. The number of nitrogens with one attached hydrogen (secondary N) is 1. The molecule has 3 aromatic rings. The number of fused-ring (bicyclic) bond motifs is 1. The Hall–Kier alpha value is -3.03. The Labute approximate surface area is 206 Å². The Morgan fingerprint density at radius 2 is 2.00 bits per heavy atom. The summed E-state index contributed by atoms with van der Waals surface area (Å²) in [6.45, 7) is 3.68.